The van der Waals surface area contributed by atoms with Gasteiger partial charge in [-0.2, -0.15) is 0 Å². The van der Waals surface area contributed by atoms with Crippen LogP contribution >= 0.6 is 11.3 Å². The first kappa shape index (κ1) is 15.4. The number of aliphatic carboxylic acids is 1. The van der Waals surface area contributed by atoms with Crippen molar-refractivity contribution in [3.8, 4) is 0 Å². The minimum atomic E-state index is -0.860. The minimum absolute atomic E-state index is 0.0443. The number of carboxylic acid groups (broad SMARTS) is 1. The van der Waals surface area contributed by atoms with Gasteiger partial charge in [0, 0.05) is 23.5 Å². The van der Waals surface area contributed by atoms with Crippen molar-refractivity contribution in [2.75, 3.05) is 0 Å². The van der Waals surface area contributed by atoms with Crippen molar-refractivity contribution in [2.45, 2.75) is 45.7 Å². The third-order valence-electron chi connectivity index (χ3n) is 2.52. The number of urea groups is 1. The molecule has 0 aromatic carbocycles. The number of amides is 2. The van der Waals surface area contributed by atoms with E-state index in [4.69, 9.17) is 5.11 Å². The lowest BCUT2D eigenvalue weighted by Gasteiger charge is -2.16. The Morgan fingerprint density at radius 2 is 2.11 bits per heavy atom. The van der Waals surface area contributed by atoms with Crippen molar-refractivity contribution in [2.24, 2.45) is 0 Å². The molecule has 0 radical (unpaired) electrons. The van der Waals surface area contributed by atoms with Crippen molar-refractivity contribution < 1.29 is 14.7 Å². The van der Waals surface area contributed by atoms with Gasteiger partial charge in [0.05, 0.1) is 6.04 Å². The Balaban J connectivity index is 2.36. The van der Waals surface area contributed by atoms with E-state index in [1.807, 2.05) is 19.2 Å². The summed E-state index contributed by atoms with van der Waals surface area (Å²) in [5.74, 6) is -0.860. The van der Waals surface area contributed by atoms with Crippen LogP contribution in [0.4, 0.5) is 4.79 Å². The van der Waals surface area contributed by atoms with E-state index in [0.29, 0.717) is 6.42 Å². The average Bonchev–Trinajstić information content (AvgIpc) is 2.73. The zero-order valence-corrected chi connectivity index (χ0v) is 12.1. The van der Waals surface area contributed by atoms with Crippen molar-refractivity contribution in [3.05, 3.63) is 16.1 Å². The van der Waals surface area contributed by atoms with E-state index in [9.17, 15) is 9.59 Å². The molecule has 3 N–H and O–H groups in total. The third kappa shape index (κ3) is 5.69. The molecule has 106 valence electrons. The van der Waals surface area contributed by atoms with Gasteiger partial charge in [0.2, 0.25) is 0 Å². The number of rotatable bonds is 6. The van der Waals surface area contributed by atoms with Crippen molar-refractivity contribution in [3.63, 3.8) is 0 Å². The second-order valence-electron chi connectivity index (χ2n) is 4.50. The second-order valence-corrected chi connectivity index (χ2v) is 5.39. The molecule has 1 aromatic heterocycles. The van der Waals surface area contributed by atoms with E-state index in [-0.39, 0.29) is 24.5 Å². The van der Waals surface area contributed by atoms with Gasteiger partial charge in [-0.15, -0.1) is 11.3 Å². The fourth-order valence-electron chi connectivity index (χ4n) is 1.51. The van der Waals surface area contributed by atoms with E-state index in [0.717, 1.165) is 10.7 Å². The fourth-order valence-corrected chi connectivity index (χ4v) is 2.31. The van der Waals surface area contributed by atoms with Crippen LogP contribution in [0.3, 0.4) is 0 Å². The molecule has 6 nitrogen and oxygen atoms in total. The summed E-state index contributed by atoms with van der Waals surface area (Å²) in [6, 6.07) is -0.648. The van der Waals surface area contributed by atoms with Crippen LogP contribution in [0.15, 0.2) is 5.38 Å². The number of carbonyl (C=O) groups excluding carboxylic acids is 1. The van der Waals surface area contributed by atoms with Crippen LogP contribution < -0.4 is 10.6 Å². The second kappa shape index (κ2) is 7.08. The van der Waals surface area contributed by atoms with Crippen LogP contribution in [-0.4, -0.2) is 28.1 Å². The SMILES string of the molecule is Cc1csc(C(C)NC(=O)NC(C)CCC(=O)O)n1. The Morgan fingerprint density at radius 3 is 2.63 bits per heavy atom. The molecule has 0 aliphatic carbocycles. The number of carbonyl (C=O) groups is 2. The Bertz CT molecular complexity index is 447. The molecule has 0 fully saturated rings. The molecule has 1 heterocycles. The van der Waals surface area contributed by atoms with Crippen molar-refractivity contribution in [1.29, 1.82) is 0 Å². The van der Waals surface area contributed by atoms with Crippen LogP contribution in [0.25, 0.3) is 0 Å². The first-order valence-electron chi connectivity index (χ1n) is 6.09. The van der Waals surface area contributed by atoms with Gasteiger partial charge in [0.15, 0.2) is 0 Å². The largest absolute Gasteiger partial charge is 0.481 e. The number of carboxylic acids is 1. The van der Waals surface area contributed by atoms with E-state index < -0.39 is 5.97 Å². The highest BCUT2D eigenvalue weighted by atomic mass is 32.1. The zero-order valence-electron chi connectivity index (χ0n) is 11.3. The number of hydrogen-bond donors (Lipinski definition) is 3. The monoisotopic (exact) mass is 285 g/mol. The summed E-state index contributed by atoms with van der Waals surface area (Å²) >= 11 is 1.50. The molecule has 1 aromatic rings. The average molecular weight is 285 g/mol. The van der Waals surface area contributed by atoms with Gasteiger partial charge in [0.25, 0.3) is 0 Å². The van der Waals surface area contributed by atoms with Gasteiger partial charge in [-0.1, -0.05) is 0 Å². The Kier molecular flexibility index (Phi) is 5.75. The number of aryl methyl sites for hydroxylation is 1. The maximum absolute atomic E-state index is 11.7. The number of nitrogens with zero attached hydrogens (tertiary/aromatic N) is 1. The van der Waals surface area contributed by atoms with Gasteiger partial charge in [-0.05, 0) is 27.2 Å². The number of aromatic nitrogens is 1. The number of nitrogens with one attached hydrogen (secondary N) is 2. The normalized spacial score (nSPS) is 13.6. The molecule has 0 bridgehead atoms. The smallest absolute Gasteiger partial charge is 0.315 e. The number of thiazole rings is 1. The van der Waals surface area contributed by atoms with Gasteiger partial charge in [0.1, 0.15) is 5.01 Å². The first-order valence-corrected chi connectivity index (χ1v) is 6.97. The maximum Gasteiger partial charge on any atom is 0.315 e. The van der Waals surface area contributed by atoms with Crippen molar-refractivity contribution >= 4 is 23.3 Å². The summed E-state index contributed by atoms with van der Waals surface area (Å²) in [7, 11) is 0. The highest BCUT2D eigenvalue weighted by Gasteiger charge is 2.14. The summed E-state index contributed by atoms with van der Waals surface area (Å²) in [4.78, 5) is 26.4. The molecule has 0 aliphatic heterocycles. The van der Waals surface area contributed by atoms with Crippen LogP contribution in [0, 0.1) is 6.92 Å². The van der Waals surface area contributed by atoms with Crippen LogP contribution in [0.5, 0.6) is 0 Å². The highest BCUT2D eigenvalue weighted by Crippen LogP contribution is 2.17. The molecule has 0 saturated carbocycles. The molecule has 7 heteroatoms. The molecule has 2 amide bonds. The quantitative estimate of drug-likeness (QED) is 0.746. The Labute approximate surface area is 116 Å². The van der Waals surface area contributed by atoms with Crippen molar-refractivity contribution in [1.82, 2.24) is 15.6 Å². The molecule has 0 spiro atoms. The molecule has 2 unspecified atom stereocenters. The molecule has 2 atom stereocenters. The molecular formula is C12H19N3O3S. The van der Waals surface area contributed by atoms with Gasteiger partial charge in [-0.3, -0.25) is 4.79 Å². The standard InChI is InChI=1S/C12H19N3O3S/c1-7(4-5-10(16)17)14-12(18)15-9(3)11-13-8(2)6-19-11/h6-7,9H,4-5H2,1-3H3,(H,16,17)(H2,14,15,18). The lowest BCUT2D eigenvalue weighted by molar-refractivity contribution is -0.137. The lowest BCUT2D eigenvalue weighted by Crippen LogP contribution is -2.41. The van der Waals surface area contributed by atoms with Crippen LogP contribution in [0.2, 0.25) is 0 Å². The van der Waals surface area contributed by atoms with Gasteiger partial charge >= 0.3 is 12.0 Å². The first-order chi connectivity index (χ1) is 8.88. The molecule has 0 aliphatic rings. The van der Waals surface area contributed by atoms with E-state index in [1.165, 1.54) is 11.3 Å². The van der Waals surface area contributed by atoms with Gasteiger partial charge in [-0.25, -0.2) is 9.78 Å². The topological polar surface area (TPSA) is 91.3 Å². The zero-order chi connectivity index (χ0) is 14.4. The third-order valence-corrected chi connectivity index (χ3v) is 3.67. The Hall–Kier alpha value is -1.63. The molecular weight excluding hydrogens is 266 g/mol. The van der Waals surface area contributed by atoms with Crippen LogP contribution in [0.1, 0.15) is 43.4 Å². The minimum Gasteiger partial charge on any atom is -0.481 e. The maximum atomic E-state index is 11.7. The fraction of sp³-hybridized carbons (Fsp3) is 0.583. The summed E-state index contributed by atoms with van der Waals surface area (Å²) in [6.07, 6.45) is 0.455. The van der Waals surface area contributed by atoms with E-state index >= 15 is 0 Å². The molecule has 0 saturated heterocycles. The van der Waals surface area contributed by atoms with E-state index in [1.54, 1.807) is 6.92 Å². The predicted molar refractivity (Wildman–Crippen MR) is 73.3 cm³/mol. The Morgan fingerprint density at radius 1 is 1.42 bits per heavy atom. The summed E-state index contributed by atoms with van der Waals surface area (Å²) in [6.45, 7) is 5.54. The lowest BCUT2D eigenvalue weighted by atomic mass is 10.2. The van der Waals surface area contributed by atoms with Crippen LogP contribution in [-0.2, 0) is 4.79 Å². The summed E-state index contributed by atoms with van der Waals surface area (Å²) in [5, 5.41) is 16.8. The number of hydrogen-bond acceptors (Lipinski definition) is 4. The van der Waals surface area contributed by atoms with Gasteiger partial charge < -0.3 is 15.7 Å². The summed E-state index contributed by atoms with van der Waals surface area (Å²) < 4.78 is 0. The molecule has 19 heavy (non-hydrogen) atoms. The predicted octanol–water partition coefficient (Wildman–Crippen LogP) is 2.07. The highest BCUT2D eigenvalue weighted by molar-refractivity contribution is 7.09. The summed E-state index contributed by atoms with van der Waals surface area (Å²) in [5.41, 5.74) is 0.934. The van der Waals surface area contributed by atoms with E-state index in [2.05, 4.69) is 15.6 Å². The molecule has 1 rings (SSSR count).